The number of nitrogens with zero attached hydrogens (tertiary/aromatic N) is 1. The Kier molecular flexibility index (Phi) is 3.41. The molecule has 6 aliphatic rings. The highest BCUT2D eigenvalue weighted by Crippen LogP contribution is 2.69. The Morgan fingerprint density at radius 1 is 1.23 bits per heavy atom. The number of rotatable bonds is 1. The van der Waals surface area contributed by atoms with Crippen LogP contribution in [0.2, 0.25) is 0 Å². The molecule has 30 heavy (non-hydrogen) atoms. The van der Waals surface area contributed by atoms with Crippen LogP contribution in [0.5, 0.6) is 0 Å². The minimum Gasteiger partial charge on any atom is -0.497 e. The number of aliphatic hydroxyl groups is 2. The van der Waals surface area contributed by atoms with Crippen LogP contribution < -0.4 is 0 Å². The Hall–Kier alpha value is -1.96. The lowest BCUT2D eigenvalue weighted by Crippen LogP contribution is -2.62. The van der Waals surface area contributed by atoms with E-state index in [2.05, 4.69) is 6.92 Å². The Labute approximate surface area is 175 Å². The second-order valence-electron chi connectivity index (χ2n) is 10.0. The van der Waals surface area contributed by atoms with Crippen LogP contribution in [-0.4, -0.2) is 57.9 Å². The first-order valence-electron chi connectivity index (χ1n) is 10.9. The molecule has 3 aliphatic heterocycles. The van der Waals surface area contributed by atoms with Gasteiger partial charge in [-0.2, -0.15) is 0 Å². The zero-order valence-electron chi connectivity index (χ0n) is 17.6. The first kappa shape index (κ1) is 18.8. The van der Waals surface area contributed by atoms with Gasteiger partial charge in [-0.15, -0.1) is 0 Å². The SMILES string of the molecule is CC(=O)OC1=C2CCOC3=C2C2=C1[C@]1(O)C[C@@]4(O)N(C[C@@H](CC3)[C@@]24C)C[C@@H](C)C1=O. The summed E-state index contributed by atoms with van der Waals surface area (Å²) in [5.41, 5.74) is -1.06. The number of carbonyl (C=O) groups excluding carboxylic acids is 2. The number of fused-ring (bicyclic) bond motifs is 2. The third-order valence-corrected chi connectivity index (χ3v) is 8.57. The van der Waals surface area contributed by atoms with Gasteiger partial charge in [0.2, 0.25) is 0 Å². The van der Waals surface area contributed by atoms with Crippen LogP contribution in [-0.2, 0) is 19.1 Å². The number of carbonyl (C=O) groups is 2. The average molecular weight is 413 g/mol. The van der Waals surface area contributed by atoms with Gasteiger partial charge >= 0.3 is 5.97 Å². The van der Waals surface area contributed by atoms with E-state index in [1.807, 2.05) is 11.8 Å². The quantitative estimate of drug-likeness (QED) is 0.630. The fraction of sp³-hybridized carbons (Fsp3) is 0.652. The zero-order chi connectivity index (χ0) is 21.2. The molecule has 2 bridgehead atoms. The van der Waals surface area contributed by atoms with Crippen LogP contribution in [0, 0.1) is 17.3 Å². The van der Waals surface area contributed by atoms with E-state index in [4.69, 9.17) is 9.47 Å². The standard InChI is InChI=1S/C23H27NO6/c1-11-8-24-9-13-4-5-15-16-14(6-7-29-15)19(30-12(2)25)18-17(16)21(13,3)23(24,28)10-22(18,27)20(11)26/h11,13,27-28H,4-10H2,1-3H3/t11-,13-,21+,22-,23+/m1/s1. The zero-order valence-corrected chi connectivity index (χ0v) is 17.6. The number of Topliss-reactive ketones (excluding diaryl/α,β-unsaturated/α-hetero) is 1. The van der Waals surface area contributed by atoms with Crippen LogP contribution in [0.1, 0.15) is 46.5 Å². The van der Waals surface area contributed by atoms with E-state index >= 15 is 0 Å². The molecule has 0 spiro atoms. The molecule has 7 heteroatoms. The molecule has 0 amide bonds. The lowest BCUT2D eigenvalue weighted by atomic mass is 9.56. The maximum absolute atomic E-state index is 13.5. The van der Waals surface area contributed by atoms with Crippen LogP contribution in [0.25, 0.3) is 0 Å². The highest BCUT2D eigenvalue weighted by Gasteiger charge is 2.74. The van der Waals surface area contributed by atoms with E-state index in [-0.39, 0.29) is 18.1 Å². The van der Waals surface area contributed by atoms with Crippen molar-refractivity contribution in [3.63, 3.8) is 0 Å². The number of hydrogen-bond acceptors (Lipinski definition) is 7. The minimum atomic E-state index is -1.90. The fourth-order valence-corrected chi connectivity index (χ4v) is 7.26. The van der Waals surface area contributed by atoms with Crippen molar-refractivity contribution in [3.05, 3.63) is 33.8 Å². The second kappa shape index (κ2) is 5.44. The molecule has 2 saturated heterocycles. The lowest BCUT2D eigenvalue weighted by Gasteiger charge is -2.52. The van der Waals surface area contributed by atoms with Crippen molar-refractivity contribution in [3.8, 4) is 0 Å². The molecule has 160 valence electrons. The van der Waals surface area contributed by atoms with Crippen molar-refractivity contribution in [2.75, 3.05) is 19.7 Å². The highest BCUT2D eigenvalue weighted by atomic mass is 16.5. The van der Waals surface area contributed by atoms with E-state index < -0.39 is 28.6 Å². The predicted octanol–water partition coefficient (Wildman–Crippen LogP) is 1.56. The molecule has 2 N–H and O–H groups in total. The molecule has 0 radical (unpaired) electrons. The molecule has 3 heterocycles. The Balaban J connectivity index is 1.75. The van der Waals surface area contributed by atoms with E-state index in [0.717, 1.165) is 35.3 Å². The van der Waals surface area contributed by atoms with Gasteiger partial charge in [-0.25, -0.2) is 0 Å². The number of esters is 1. The third-order valence-electron chi connectivity index (χ3n) is 8.57. The molecule has 0 aromatic carbocycles. The Bertz CT molecular complexity index is 1020. The molecule has 0 aromatic rings. The first-order chi connectivity index (χ1) is 14.1. The summed E-state index contributed by atoms with van der Waals surface area (Å²) in [6.45, 7) is 6.75. The summed E-state index contributed by atoms with van der Waals surface area (Å²) in [7, 11) is 0. The summed E-state index contributed by atoms with van der Waals surface area (Å²) in [5.74, 6) is 0.0480. The molecule has 3 aliphatic carbocycles. The number of allylic oxidation sites excluding steroid dienone is 2. The Morgan fingerprint density at radius 2 is 2.00 bits per heavy atom. The summed E-state index contributed by atoms with van der Waals surface area (Å²) in [4.78, 5) is 27.6. The normalized spacial score (nSPS) is 44.2. The molecule has 2 fully saturated rings. The number of hydrogen-bond donors (Lipinski definition) is 2. The van der Waals surface area contributed by atoms with Crippen LogP contribution >= 0.6 is 0 Å². The molecule has 5 atom stereocenters. The van der Waals surface area contributed by atoms with Gasteiger partial charge in [-0.1, -0.05) is 13.8 Å². The molecule has 7 nitrogen and oxygen atoms in total. The Morgan fingerprint density at radius 3 is 2.73 bits per heavy atom. The molecule has 6 rings (SSSR count). The van der Waals surface area contributed by atoms with Gasteiger partial charge in [0, 0.05) is 67.3 Å². The molecule has 0 aromatic heterocycles. The van der Waals surface area contributed by atoms with E-state index in [9.17, 15) is 19.8 Å². The largest absolute Gasteiger partial charge is 0.497 e. The van der Waals surface area contributed by atoms with Crippen LogP contribution in [0.3, 0.4) is 0 Å². The molecular formula is C23H27NO6. The van der Waals surface area contributed by atoms with Gasteiger partial charge < -0.3 is 19.7 Å². The number of ketones is 1. The number of ether oxygens (including phenoxy) is 2. The van der Waals surface area contributed by atoms with E-state index in [1.54, 1.807) is 0 Å². The molecular weight excluding hydrogens is 386 g/mol. The van der Waals surface area contributed by atoms with Gasteiger partial charge in [0.05, 0.1) is 6.61 Å². The molecule has 0 unspecified atom stereocenters. The maximum atomic E-state index is 13.5. The van der Waals surface area contributed by atoms with Gasteiger partial charge in [0.1, 0.15) is 17.2 Å². The predicted molar refractivity (Wildman–Crippen MR) is 105 cm³/mol. The van der Waals surface area contributed by atoms with E-state index in [0.29, 0.717) is 37.4 Å². The van der Waals surface area contributed by atoms with E-state index in [1.165, 1.54) is 6.92 Å². The van der Waals surface area contributed by atoms with Crippen molar-refractivity contribution >= 4 is 11.8 Å². The maximum Gasteiger partial charge on any atom is 0.308 e. The smallest absolute Gasteiger partial charge is 0.308 e. The fourth-order valence-electron chi connectivity index (χ4n) is 7.26. The van der Waals surface area contributed by atoms with Crippen molar-refractivity contribution in [1.82, 2.24) is 4.90 Å². The summed E-state index contributed by atoms with van der Waals surface area (Å²) in [5, 5.41) is 24.1. The second-order valence-corrected chi connectivity index (χ2v) is 10.0. The summed E-state index contributed by atoms with van der Waals surface area (Å²) < 4.78 is 11.8. The van der Waals surface area contributed by atoms with Crippen molar-refractivity contribution in [2.24, 2.45) is 17.3 Å². The van der Waals surface area contributed by atoms with Gasteiger partial charge in [-0.3, -0.25) is 14.5 Å². The summed E-state index contributed by atoms with van der Waals surface area (Å²) in [6.07, 6.45) is 2.03. The van der Waals surface area contributed by atoms with Gasteiger partial charge in [0.25, 0.3) is 0 Å². The van der Waals surface area contributed by atoms with Gasteiger partial charge in [-0.05, 0) is 17.9 Å². The lowest BCUT2D eigenvalue weighted by molar-refractivity contribution is -0.177. The summed E-state index contributed by atoms with van der Waals surface area (Å²) in [6, 6.07) is 0. The first-order valence-corrected chi connectivity index (χ1v) is 10.9. The van der Waals surface area contributed by atoms with Crippen molar-refractivity contribution in [2.45, 2.75) is 57.8 Å². The van der Waals surface area contributed by atoms with Gasteiger partial charge in [0.15, 0.2) is 11.4 Å². The summed E-state index contributed by atoms with van der Waals surface area (Å²) >= 11 is 0. The topological polar surface area (TPSA) is 96.3 Å². The van der Waals surface area contributed by atoms with Crippen molar-refractivity contribution in [1.29, 1.82) is 0 Å². The monoisotopic (exact) mass is 413 g/mol. The third kappa shape index (κ3) is 1.85. The van der Waals surface area contributed by atoms with Crippen LogP contribution in [0.15, 0.2) is 33.8 Å². The molecule has 0 saturated carbocycles. The minimum absolute atomic E-state index is 0.101. The van der Waals surface area contributed by atoms with Crippen molar-refractivity contribution < 1.29 is 29.3 Å². The van der Waals surface area contributed by atoms with Crippen LogP contribution in [0.4, 0.5) is 0 Å². The average Bonchev–Trinajstić information content (AvgIpc) is 3.04. The highest BCUT2D eigenvalue weighted by molar-refractivity contribution is 5.97.